The molecule has 0 bridgehead atoms. The Bertz CT molecular complexity index is 352. The monoisotopic (exact) mass is 235 g/mol. The smallest absolute Gasteiger partial charge is 0.133 e. The van der Waals surface area contributed by atoms with Gasteiger partial charge in [-0.1, -0.05) is 19.8 Å². The number of furan rings is 1. The molecule has 2 heterocycles. The number of hydrogen-bond donors (Lipinski definition) is 1. The van der Waals surface area contributed by atoms with Crippen molar-refractivity contribution in [2.75, 3.05) is 13.2 Å². The van der Waals surface area contributed by atoms with Gasteiger partial charge in [0.05, 0.1) is 12.9 Å². The Morgan fingerprint density at radius 2 is 2.41 bits per heavy atom. The van der Waals surface area contributed by atoms with E-state index in [4.69, 9.17) is 9.15 Å². The van der Waals surface area contributed by atoms with Gasteiger partial charge in [-0.25, -0.2) is 0 Å². The molecule has 1 spiro atoms. The summed E-state index contributed by atoms with van der Waals surface area (Å²) < 4.78 is 11.4. The van der Waals surface area contributed by atoms with Gasteiger partial charge in [0.2, 0.25) is 0 Å². The van der Waals surface area contributed by atoms with Crippen molar-refractivity contribution < 1.29 is 9.15 Å². The molecule has 3 atom stereocenters. The molecule has 2 fully saturated rings. The van der Waals surface area contributed by atoms with Crippen LogP contribution in [0.1, 0.15) is 44.5 Å². The van der Waals surface area contributed by atoms with Crippen molar-refractivity contribution in [1.82, 2.24) is 5.32 Å². The third-order valence-corrected chi connectivity index (χ3v) is 4.18. The van der Waals surface area contributed by atoms with Gasteiger partial charge in [-0.3, -0.25) is 0 Å². The summed E-state index contributed by atoms with van der Waals surface area (Å²) in [4.78, 5) is 0. The van der Waals surface area contributed by atoms with E-state index in [1.807, 2.05) is 12.1 Å². The number of morpholine rings is 1. The summed E-state index contributed by atoms with van der Waals surface area (Å²) in [6.07, 6.45) is 6.99. The van der Waals surface area contributed by atoms with Crippen molar-refractivity contribution in [2.24, 2.45) is 5.92 Å². The van der Waals surface area contributed by atoms with E-state index in [1.54, 1.807) is 6.26 Å². The summed E-state index contributed by atoms with van der Waals surface area (Å²) >= 11 is 0. The maximum Gasteiger partial charge on any atom is 0.133 e. The fraction of sp³-hybridized carbons (Fsp3) is 0.714. The summed E-state index contributed by atoms with van der Waals surface area (Å²) in [5.74, 6) is 1.76. The van der Waals surface area contributed by atoms with Crippen LogP contribution >= 0.6 is 0 Å². The summed E-state index contributed by atoms with van der Waals surface area (Å²) in [5, 5.41) is 3.72. The van der Waals surface area contributed by atoms with Gasteiger partial charge in [-0.2, -0.15) is 0 Å². The van der Waals surface area contributed by atoms with Crippen molar-refractivity contribution in [2.45, 2.75) is 44.2 Å². The molecule has 0 amide bonds. The van der Waals surface area contributed by atoms with Gasteiger partial charge in [0, 0.05) is 12.1 Å². The first kappa shape index (κ1) is 11.3. The van der Waals surface area contributed by atoms with Crippen LogP contribution in [0.4, 0.5) is 0 Å². The van der Waals surface area contributed by atoms with E-state index in [0.717, 1.165) is 24.8 Å². The molecular weight excluding hydrogens is 214 g/mol. The Balaban J connectivity index is 1.63. The van der Waals surface area contributed by atoms with Crippen LogP contribution in [0, 0.1) is 5.92 Å². The highest BCUT2D eigenvalue weighted by atomic mass is 16.5. The molecular formula is C14H21NO2. The molecule has 3 rings (SSSR count). The van der Waals surface area contributed by atoms with Gasteiger partial charge in [0.15, 0.2) is 0 Å². The summed E-state index contributed by atoms with van der Waals surface area (Å²) in [7, 11) is 0. The standard InChI is InChI=1S/C14H21NO2/c1-11-4-2-6-14(8-11)10-17-13(9-15-14)12-5-3-7-16-12/h3,5,7,11,13,15H,2,4,6,8-10H2,1H3. The highest BCUT2D eigenvalue weighted by Crippen LogP contribution is 2.36. The first-order valence-electron chi connectivity index (χ1n) is 6.67. The van der Waals surface area contributed by atoms with Gasteiger partial charge in [0.25, 0.3) is 0 Å². The third-order valence-electron chi connectivity index (χ3n) is 4.18. The lowest BCUT2D eigenvalue weighted by atomic mass is 9.76. The molecule has 1 N–H and O–H groups in total. The lowest BCUT2D eigenvalue weighted by molar-refractivity contribution is -0.0605. The quantitative estimate of drug-likeness (QED) is 0.812. The average molecular weight is 235 g/mol. The molecule has 1 aromatic rings. The minimum Gasteiger partial charge on any atom is -0.467 e. The predicted octanol–water partition coefficient (Wildman–Crippen LogP) is 2.89. The van der Waals surface area contributed by atoms with Crippen LogP contribution in [0.5, 0.6) is 0 Å². The van der Waals surface area contributed by atoms with E-state index in [2.05, 4.69) is 12.2 Å². The fourth-order valence-corrected chi connectivity index (χ4v) is 3.29. The van der Waals surface area contributed by atoms with Gasteiger partial charge in [0.1, 0.15) is 11.9 Å². The molecule has 1 saturated heterocycles. The topological polar surface area (TPSA) is 34.4 Å². The van der Waals surface area contributed by atoms with Crippen molar-refractivity contribution in [3.63, 3.8) is 0 Å². The largest absolute Gasteiger partial charge is 0.467 e. The SMILES string of the molecule is CC1CCCC2(COC(c3ccco3)CN2)C1. The zero-order chi connectivity index (χ0) is 11.7. The van der Waals surface area contributed by atoms with Crippen molar-refractivity contribution >= 4 is 0 Å². The lowest BCUT2D eigenvalue weighted by Gasteiger charge is -2.45. The van der Waals surface area contributed by atoms with Crippen LogP contribution in [0.25, 0.3) is 0 Å². The van der Waals surface area contributed by atoms with Crippen LogP contribution in [-0.2, 0) is 4.74 Å². The Morgan fingerprint density at radius 1 is 1.47 bits per heavy atom. The highest BCUT2D eigenvalue weighted by molar-refractivity contribution is 5.06. The zero-order valence-corrected chi connectivity index (χ0v) is 10.4. The Labute approximate surface area is 103 Å². The molecule has 1 saturated carbocycles. The normalized spacial score (nSPS) is 38.4. The minimum atomic E-state index is 0.0906. The first-order chi connectivity index (χ1) is 8.27. The van der Waals surface area contributed by atoms with Gasteiger partial charge in [-0.05, 0) is 30.9 Å². The second-order valence-corrected chi connectivity index (χ2v) is 5.68. The van der Waals surface area contributed by atoms with E-state index in [9.17, 15) is 0 Å². The first-order valence-corrected chi connectivity index (χ1v) is 6.67. The van der Waals surface area contributed by atoms with E-state index in [0.29, 0.717) is 0 Å². The molecule has 0 aromatic carbocycles. The molecule has 1 aromatic heterocycles. The van der Waals surface area contributed by atoms with Gasteiger partial charge in [-0.15, -0.1) is 0 Å². The maximum atomic E-state index is 6.01. The van der Waals surface area contributed by atoms with Crippen LogP contribution in [0.2, 0.25) is 0 Å². The zero-order valence-electron chi connectivity index (χ0n) is 10.4. The van der Waals surface area contributed by atoms with Gasteiger partial charge < -0.3 is 14.5 Å². The predicted molar refractivity (Wildman–Crippen MR) is 65.8 cm³/mol. The van der Waals surface area contributed by atoms with Crippen LogP contribution in [-0.4, -0.2) is 18.7 Å². The third kappa shape index (κ3) is 2.26. The Hall–Kier alpha value is -0.800. The molecule has 17 heavy (non-hydrogen) atoms. The number of hydrogen-bond acceptors (Lipinski definition) is 3. The van der Waals surface area contributed by atoms with Crippen molar-refractivity contribution in [3.05, 3.63) is 24.2 Å². The Morgan fingerprint density at radius 3 is 3.06 bits per heavy atom. The highest BCUT2D eigenvalue weighted by Gasteiger charge is 2.39. The molecule has 1 aliphatic heterocycles. The summed E-state index contributed by atoms with van der Waals surface area (Å²) in [5.41, 5.74) is 0.237. The number of nitrogens with one attached hydrogen (secondary N) is 1. The Kier molecular flexibility index (Phi) is 2.97. The molecule has 3 unspecified atom stereocenters. The average Bonchev–Trinajstić information content (AvgIpc) is 2.83. The second-order valence-electron chi connectivity index (χ2n) is 5.68. The number of ether oxygens (including phenoxy) is 1. The summed E-state index contributed by atoms with van der Waals surface area (Å²) in [6.45, 7) is 4.05. The van der Waals surface area contributed by atoms with E-state index >= 15 is 0 Å². The molecule has 3 nitrogen and oxygen atoms in total. The molecule has 2 aliphatic rings. The molecule has 94 valence electrons. The molecule has 0 radical (unpaired) electrons. The van der Waals surface area contributed by atoms with E-state index in [1.165, 1.54) is 25.7 Å². The molecule has 3 heteroatoms. The van der Waals surface area contributed by atoms with E-state index in [-0.39, 0.29) is 11.6 Å². The number of rotatable bonds is 1. The van der Waals surface area contributed by atoms with Crippen LogP contribution in [0.15, 0.2) is 22.8 Å². The van der Waals surface area contributed by atoms with Crippen LogP contribution < -0.4 is 5.32 Å². The van der Waals surface area contributed by atoms with Crippen molar-refractivity contribution in [3.8, 4) is 0 Å². The van der Waals surface area contributed by atoms with Crippen molar-refractivity contribution in [1.29, 1.82) is 0 Å². The van der Waals surface area contributed by atoms with Gasteiger partial charge >= 0.3 is 0 Å². The second kappa shape index (κ2) is 4.46. The maximum absolute atomic E-state index is 6.01. The minimum absolute atomic E-state index is 0.0906. The van der Waals surface area contributed by atoms with Crippen LogP contribution in [0.3, 0.4) is 0 Å². The lowest BCUT2D eigenvalue weighted by Crippen LogP contribution is -2.56. The molecule has 1 aliphatic carbocycles. The fourth-order valence-electron chi connectivity index (χ4n) is 3.29. The summed E-state index contributed by atoms with van der Waals surface area (Å²) in [6, 6.07) is 3.92. The van der Waals surface area contributed by atoms with E-state index < -0.39 is 0 Å².